The topological polar surface area (TPSA) is 105 Å². The zero-order valence-electron chi connectivity index (χ0n) is 8.75. The fourth-order valence-electron chi connectivity index (χ4n) is 1.03. The van der Waals surface area contributed by atoms with E-state index in [-0.39, 0.29) is 18.8 Å². The number of nitrogens with one attached hydrogen (secondary N) is 1. The first kappa shape index (κ1) is 12.3. The van der Waals surface area contributed by atoms with Gasteiger partial charge < -0.3 is 20.3 Å². The Labute approximate surface area is 92.1 Å². The van der Waals surface area contributed by atoms with Gasteiger partial charge in [-0.25, -0.2) is 9.78 Å². The van der Waals surface area contributed by atoms with Crippen LogP contribution in [0.2, 0.25) is 0 Å². The van der Waals surface area contributed by atoms with Gasteiger partial charge in [0.1, 0.15) is 5.82 Å². The first-order valence-corrected chi connectivity index (χ1v) is 4.59. The Morgan fingerprint density at radius 1 is 1.62 bits per heavy atom. The molecule has 1 heterocycles. The van der Waals surface area contributed by atoms with Crippen LogP contribution >= 0.6 is 0 Å². The number of nitrogens with zero attached hydrogens (tertiary/aromatic N) is 2. The molecule has 0 saturated carbocycles. The molecular weight excluding hydrogens is 214 g/mol. The molecule has 0 saturated heterocycles. The molecule has 1 aromatic rings. The van der Waals surface area contributed by atoms with E-state index < -0.39 is 12.1 Å². The zero-order valence-corrected chi connectivity index (χ0v) is 8.75. The van der Waals surface area contributed by atoms with Crippen molar-refractivity contribution in [3.63, 3.8) is 0 Å². The second-order valence-electron chi connectivity index (χ2n) is 3.08. The van der Waals surface area contributed by atoms with Gasteiger partial charge in [0.25, 0.3) is 0 Å². The van der Waals surface area contributed by atoms with Crippen LogP contribution in [0, 0.1) is 0 Å². The van der Waals surface area contributed by atoms with E-state index in [0.717, 1.165) is 6.20 Å². The van der Waals surface area contributed by atoms with Crippen LogP contribution in [0.5, 0.6) is 0 Å². The number of aromatic carboxylic acids is 1. The van der Waals surface area contributed by atoms with Gasteiger partial charge in [0.15, 0.2) is 5.69 Å². The number of carboxylic acid groups (broad SMARTS) is 1. The third-order valence-corrected chi connectivity index (χ3v) is 1.73. The SMILES string of the molecule is COCC(O)CNc1cncc(C(=O)O)n1. The number of ether oxygens (including phenoxy) is 1. The summed E-state index contributed by atoms with van der Waals surface area (Å²) < 4.78 is 4.73. The van der Waals surface area contributed by atoms with Crippen molar-refractivity contribution >= 4 is 11.8 Å². The molecule has 3 N–H and O–H groups in total. The number of methoxy groups -OCH3 is 1. The summed E-state index contributed by atoms with van der Waals surface area (Å²) in [5.74, 6) is -0.844. The summed E-state index contributed by atoms with van der Waals surface area (Å²) in [6, 6.07) is 0. The average molecular weight is 227 g/mol. The highest BCUT2D eigenvalue weighted by Gasteiger charge is 2.07. The number of rotatable bonds is 6. The summed E-state index contributed by atoms with van der Waals surface area (Å²) >= 11 is 0. The lowest BCUT2D eigenvalue weighted by atomic mass is 10.4. The van der Waals surface area contributed by atoms with Crippen molar-refractivity contribution in [3.8, 4) is 0 Å². The van der Waals surface area contributed by atoms with Crippen LogP contribution in [0.4, 0.5) is 5.82 Å². The monoisotopic (exact) mass is 227 g/mol. The third kappa shape index (κ3) is 3.79. The highest BCUT2D eigenvalue weighted by molar-refractivity contribution is 5.85. The Morgan fingerprint density at radius 3 is 3.00 bits per heavy atom. The standard InChI is InChI=1S/C9H13N3O4/c1-16-5-6(13)2-11-8-4-10-3-7(12-8)9(14)15/h3-4,6,13H,2,5H2,1H3,(H,11,12)(H,14,15). The minimum atomic E-state index is -1.14. The molecule has 7 heteroatoms. The van der Waals surface area contributed by atoms with Crippen molar-refractivity contribution in [3.05, 3.63) is 18.1 Å². The smallest absolute Gasteiger partial charge is 0.356 e. The molecule has 0 aliphatic rings. The molecule has 0 spiro atoms. The fourth-order valence-corrected chi connectivity index (χ4v) is 1.03. The van der Waals surface area contributed by atoms with Crippen molar-refractivity contribution in [2.24, 2.45) is 0 Å². The number of carbonyl (C=O) groups is 1. The number of anilines is 1. The van der Waals surface area contributed by atoms with E-state index in [9.17, 15) is 9.90 Å². The summed E-state index contributed by atoms with van der Waals surface area (Å²) in [5, 5.41) is 20.8. The molecule has 0 radical (unpaired) electrons. The van der Waals surface area contributed by atoms with Crippen molar-refractivity contribution in [2.75, 3.05) is 25.6 Å². The van der Waals surface area contributed by atoms with Crippen LogP contribution in [-0.2, 0) is 4.74 Å². The number of aliphatic hydroxyl groups is 1. The van der Waals surface area contributed by atoms with Crippen molar-refractivity contribution in [2.45, 2.75) is 6.10 Å². The highest BCUT2D eigenvalue weighted by atomic mass is 16.5. The van der Waals surface area contributed by atoms with E-state index >= 15 is 0 Å². The number of carboxylic acids is 1. The second-order valence-corrected chi connectivity index (χ2v) is 3.08. The van der Waals surface area contributed by atoms with Gasteiger partial charge in [-0.05, 0) is 0 Å². The highest BCUT2D eigenvalue weighted by Crippen LogP contribution is 2.02. The average Bonchev–Trinajstić information content (AvgIpc) is 2.27. The second kappa shape index (κ2) is 5.99. The van der Waals surface area contributed by atoms with Crippen molar-refractivity contribution < 1.29 is 19.7 Å². The lowest BCUT2D eigenvalue weighted by Gasteiger charge is -2.10. The fraction of sp³-hybridized carbons (Fsp3) is 0.444. The van der Waals surface area contributed by atoms with Gasteiger partial charge in [0.2, 0.25) is 0 Å². The Hall–Kier alpha value is -1.73. The van der Waals surface area contributed by atoms with E-state index in [2.05, 4.69) is 15.3 Å². The van der Waals surface area contributed by atoms with Crippen LogP contribution in [0.3, 0.4) is 0 Å². The maximum atomic E-state index is 10.6. The lowest BCUT2D eigenvalue weighted by Crippen LogP contribution is -2.24. The molecule has 1 unspecified atom stereocenters. The Morgan fingerprint density at radius 2 is 2.38 bits per heavy atom. The summed E-state index contributed by atoms with van der Waals surface area (Å²) in [5.41, 5.74) is -0.147. The van der Waals surface area contributed by atoms with Crippen LogP contribution in [0.1, 0.15) is 10.5 Å². The van der Waals surface area contributed by atoms with E-state index in [1.807, 2.05) is 0 Å². The molecule has 88 valence electrons. The zero-order chi connectivity index (χ0) is 12.0. The van der Waals surface area contributed by atoms with Gasteiger partial charge in [-0.3, -0.25) is 4.98 Å². The Bertz CT molecular complexity index is 358. The first-order valence-electron chi connectivity index (χ1n) is 4.59. The number of aliphatic hydroxyl groups excluding tert-OH is 1. The maximum absolute atomic E-state index is 10.6. The van der Waals surface area contributed by atoms with Gasteiger partial charge in [0.05, 0.1) is 25.1 Å². The molecule has 1 rings (SSSR count). The minimum Gasteiger partial charge on any atom is -0.476 e. The maximum Gasteiger partial charge on any atom is 0.356 e. The van der Waals surface area contributed by atoms with Gasteiger partial charge in [-0.1, -0.05) is 0 Å². The first-order chi connectivity index (χ1) is 7.63. The summed E-state index contributed by atoms with van der Waals surface area (Å²) in [6.07, 6.45) is 1.85. The molecule has 7 nitrogen and oxygen atoms in total. The molecule has 0 amide bonds. The van der Waals surface area contributed by atoms with Crippen molar-refractivity contribution in [1.82, 2.24) is 9.97 Å². The van der Waals surface area contributed by atoms with Gasteiger partial charge in [-0.15, -0.1) is 0 Å². The van der Waals surface area contributed by atoms with Crippen LogP contribution in [0.15, 0.2) is 12.4 Å². The predicted octanol–water partition coefficient (Wildman–Crippen LogP) is -0.406. The van der Waals surface area contributed by atoms with E-state index in [1.54, 1.807) is 0 Å². The predicted molar refractivity (Wildman–Crippen MR) is 55.4 cm³/mol. The largest absolute Gasteiger partial charge is 0.476 e. The normalized spacial score (nSPS) is 12.1. The lowest BCUT2D eigenvalue weighted by molar-refractivity contribution is 0.0690. The molecule has 0 aromatic carbocycles. The number of hydrogen-bond acceptors (Lipinski definition) is 6. The quantitative estimate of drug-likeness (QED) is 0.607. The molecular formula is C9H13N3O4. The number of hydrogen-bond donors (Lipinski definition) is 3. The van der Waals surface area contributed by atoms with Crippen molar-refractivity contribution in [1.29, 1.82) is 0 Å². The number of aromatic nitrogens is 2. The molecule has 0 aliphatic heterocycles. The Balaban J connectivity index is 2.54. The molecule has 1 aromatic heterocycles. The van der Waals surface area contributed by atoms with E-state index in [1.165, 1.54) is 13.3 Å². The van der Waals surface area contributed by atoms with Crippen LogP contribution in [0.25, 0.3) is 0 Å². The minimum absolute atomic E-state index is 0.147. The van der Waals surface area contributed by atoms with Gasteiger partial charge in [0, 0.05) is 13.7 Å². The summed E-state index contributed by atoms with van der Waals surface area (Å²) in [7, 11) is 1.48. The Kier molecular flexibility index (Phi) is 4.62. The molecule has 0 bridgehead atoms. The van der Waals surface area contributed by atoms with Crippen LogP contribution in [-0.4, -0.2) is 52.5 Å². The molecule has 1 atom stereocenters. The summed E-state index contributed by atoms with van der Waals surface area (Å²) in [4.78, 5) is 18.1. The van der Waals surface area contributed by atoms with E-state index in [4.69, 9.17) is 9.84 Å². The van der Waals surface area contributed by atoms with E-state index in [0.29, 0.717) is 5.82 Å². The van der Waals surface area contributed by atoms with Crippen LogP contribution < -0.4 is 5.32 Å². The molecule has 0 fully saturated rings. The summed E-state index contributed by atoms with van der Waals surface area (Å²) in [6.45, 7) is 0.407. The molecule has 0 aliphatic carbocycles. The third-order valence-electron chi connectivity index (χ3n) is 1.73. The molecule has 16 heavy (non-hydrogen) atoms. The van der Waals surface area contributed by atoms with Gasteiger partial charge >= 0.3 is 5.97 Å². The van der Waals surface area contributed by atoms with Gasteiger partial charge in [-0.2, -0.15) is 0 Å².